The van der Waals surface area contributed by atoms with Crippen molar-refractivity contribution in [2.24, 2.45) is 23.2 Å². The first-order valence-electron chi connectivity index (χ1n) is 7.11. The van der Waals surface area contributed by atoms with Gasteiger partial charge in [0.1, 0.15) is 5.78 Å². The number of aliphatic hydroxyl groups excluding tert-OH is 1. The Morgan fingerprint density at radius 1 is 1.33 bits per heavy atom. The van der Waals surface area contributed by atoms with Gasteiger partial charge in [0, 0.05) is 12.3 Å². The van der Waals surface area contributed by atoms with Crippen LogP contribution in [-0.4, -0.2) is 27.7 Å². The van der Waals surface area contributed by atoms with E-state index in [0.29, 0.717) is 24.5 Å². The number of carbonyl (C=O) groups is 1. The van der Waals surface area contributed by atoms with Gasteiger partial charge in [-0.3, -0.25) is 4.79 Å². The predicted molar refractivity (Wildman–Crippen MR) is 70.0 cm³/mol. The standard InChI is InChI=1S/C15H26O3/c1-9(2)10-7-12-14(3,8-11(10)16)6-5-13(17)15(12,4)18/h9-10,12-13,17-18H,5-8H2,1-4H3/t10-,12-,13+,14-,15-/m1/s1. The van der Waals surface area contributed by atoms with Gasteiger partial charge in [-0.25, -0.2) is 0 Å². The Labute approximate surface area is 110 Å². The first kappa shape index (κ1) is 14.0. The lowest BCUT2D eigenvalue weighted by Gasteiger charge is -2.55. The molecule has 0 amide bonds. The van der Waals surface area contributed by atoms with Gasteiger partial charge in [-0.05, 0) is 43.4 Å². The van der Waals surface area contributed by atoms with Crippen LogP contribution in [0.1, 0.15) is 53.4 Å². The van der Waals surface area contributed by atoms with E-state index in [0.717, 1.165) is 12.8 Å². The number of rotatable bonds is 1. The zero-order valence-corrected chi connectivity index (χ0v) is 11.9. The zero-order chi connectivity index (χ0) is 13.7. The SMILES string of the molecule is CC(C)[C@H]1C[C@@H]2[C@](C)(CC[C@H](O)[C@]2(C)O)CC1=O. The van der Waals surface area contributed by atoms with Crippen LogP contribution < -0.4 is 0 Å². The molecule has 0 aromatic rings. The van der Waals surface area contributed by atoms with Gasteiger partial charge in [0.25, 0.3) is 0 Å². The summed E-state index contributed by atoms with van der Waals surface area (Å²) in [6.07, 6.45) is 2.06. The van der Waals surface area contributed by atoms with Gasteiger partial charge in [0.2, 0.25) is 0 Å². The minimum absolute atomic E-state index is 0.0267. The molecule has 5 atom stereocenters. The van der Waals surface area contributed by atoms with E-state index >= 15 is 0 Å². The Kier molecular flexibility index (Phi) is 3.35. The van der Waals surface area contributed by atoms with Crippen molar-refractivity contribution >= 4 is 5.78 Å². The maximum Gasteiger partial charge on any atom is 0.136 e. The molecule has 0 radical (unpaired) electrons. The van der Waals surface area contributed by atoms with Crippen LogP contribution in [-0.2, 0) is 4.79 Å². The summed E-state index contributed by atoms with van der Waals surface area (Å²) in [5, 5.41) is 20.7. The molecule has 104 valence electrons. The van der Waals surface area contributed by atoms with Gasteiger partial charge >= 0.3 is 0 Å². The quantitative estimate of drug-likeness (QED) is 0.754. The monoisotopic (exact) mass is 254 g/mol. The molecule has 2 rings (SSSR count). The van der Waals surface area contributed by atoms with E-state index in [1.807, 2.05) is 0 Å². The lowest BCUT2D eigenvalue weighted by molar-refractivity contribution is -0.188. The minimum atomic E-state index is -1.05. The van der Waals surface area contributed by atoms with E-state index < -0.39 is 11.7 Å². The van der Waals surface area contributed by atoms with E-state index in [-0.39, 0.29) is 17.3 Å². The molecule has 0 aliphatic heterocycles. The number of hydrogen-bond donors (Lipinski definition) is 2. The third kappa shape index (κ3) is 2.01. The fraction of sp³-hybridized carbons (Fsp3) is 0.933. The van der Waals surface area contributed by atoms with Crippen molar-refractivity contribution in [2.45, 2.75) is 65.1 Å². The molecule has 2 N–H and O–H groups in total. The maximum absolute atomic E-state index is 12.2. The Hall–Kier alpha value is -0.410. The summed E-state index contributed by atoms with van der Waals surface area (Å²) < 4.78 is 0. The zero-order valence-electron chi connectivity index (χ0n) is 11.9. The molecule has 2 aliphatic carbocycles. The Morgan fingerprint density at radius 3 is 2.50 bits per heavy atom. The van der Waals surface area contributed by atoms with Crippen LogP contribution in [0.5, 0.6) is 0 Å². The van der Waals surface area contributed by atoms with E-state index in [1.54, 1.807) is 6.92 Å². The Morgan fingerprint density at radius 2 is 1.94 bits per heavy atom. The molecule has 18 heavy (non-hydrogen) atoms. The van der Waals surface area contributed by atoms with Gasteiger partial charge in [-0.15, -0.1) is 0 Å². The molecule has 0 saturated heterocycles. The molecule has 0 bridgehead atoms. The third-order valence-electron chi connectivity index (χ3n) is 5.50. The predicted octanol–water partition coefficient (Wildman–Crippen LogP) is 2.15. The molecule has 2 aliphatic rings. The summed E-state index contributed by atoms with van der Waals surface area (Å²) >= 11 is 0. The second-order valence-electron chi connectivity index (χ2n) is 7.22. The first-order valence-corrected chi connectivity index (χ1v) is 7.11. The molecule has 0 spiro atoms. The number of ketones is 1. The molecule has 2 fully saturated rings. The number of fused-ring (bicyclic) bond motifs is 1. The van der Waals surface area contributed by atoms with Crippen molar-refractivity contribution in [3.8, 4) is 0 Å². The summed E-state index contributed by atoms with van der Waals surface area (Å²) in [6.45, 7) is 7.98. The Balaban J connectivity index is 2.31. The van der Waals surface area contributed by atoms with Crippen LogP contribution in [0.4, 0.5) is 0 Å². The Bertz CT molecular complexity index is 348. The highest BCUT2D eigenvalue weighted by atomic mass is 16.3. The van der Waals surface area contributed by atoms with E-state index in [1.165, 1.54) is 0 Å². The van der Waals surface area contributed by atoms with Gasteiger partial charge in [-0.2, -0.15) is 0 Å². The van der Waals surface area contributed by atoms with E-state index in [9.17, 15) is 15.0 Å². The molecule has 0 aromatic heterocycles. The van der Waals surface area contributed by atoms with E-state index in [4.69, 9.17) is 0 Å². The topological polar surface area (TPSA) is 57.5 Å². The van der Waals surface area contributed by atoms with Gasteiger partial charge in [0.05, 0.1) is 11.7 Å². The van der Waals surface area contributed by atoms with Crippen molar-refractivity contribution in [2.75, 3.05) is 0 Å². The summed E-state index contributed by atoms with van der Waals surface area (Å²) in [7, 11) is 0. The van der Waals surface area contributed by atoms with Crippen LogP contribution >= 0.6 is 0 Å². The highest BCUT2D eigenvalue weighted by Gasteiger charge is 2.56. The van der Waals surface area contributed by atoms with Crippen molar-refractivity contribution < 1.29 is 15.0 Å². The molecule has 0 aromatic carbocycles. The second kappa shape index (κ2) is 4.31. The smallest absolute Gasteiger partial charge is 0.136 e. The first-order chi connectivity index (χ1) is 8.18. The molecular weight excluding hydrogens is 228 g/mol. The highest BCUT2D eigenvalue weighted by molar-refractivity contribution is 5.83. The molecule has 2 saturated carbocycles. The van der Waals surface area contributed by atoms with Crippen LogP contribution in [0.2, 0.25) is 0 Å². The van der Waals surface area contributed by atoms with Crippen LogP contribution in [0.3, 0.4) is 0 Å². The summed E-state index contributed by atoms with van der Waals surface area (Å²) in [5.41, 5.74) is -1.19. The molecule has 0 unspecified atom stereocenters. The van der Waals surface area contributed by atoms with Gasteiger partial charge < -0.3 is 10.2 Å². The van der Waals surface area contributed by atoms with Crippen molar-refractivity contribution in [1.82, 2.24) is 0 Å². The minimum Gasteiger partial charge on any atom is -0.390 e. The average molecular weight is 254 g/mol. The largest absolute Gasteiger partial charge is 0.390 e. The number of Topliss-reactive ketones (excluding diaryl/α,β-unsaturated/α-hetero) is 1. The number of hydrogen-bond acceptors (Lipinski definition) is 3. The summed E-state index contributed by atoms with van der Waals surface area (Å²) in [4.78, 5) is 12.2. The van der Waals surface area contributed by atoms with Crippen molar-refractivity contribution in [1.29, 1.82) is 0 Å². The van der Waals surface area contributed by atoms with Gasteiger partial charge in [-0.1, -0.05) is 20.8 Å². The lowest BCUT2D eigenvalue weighted by Crippen LogP contribution is -2.60. The molecule has 3 nitrogen and oxygen atoms in total. The highest BCUT2D eigenvalue weighted by Crippen LogP contribution is 2.55. The fourth-order valence-electron chi connectivity index (χ4n) is 4.16. The van der Waals surface area contributed by atoms with Crippen LogP contribution in [0, 0.1) is 23.2 Å². The van der Waals surface area contributed by atoms with Crippen molar-refractivity contribution in [3.05, 3.63) is 0 Å². The normalized spacial score (nSPS) is 49.3. The maximum atomic E-state index is 12.2. The lowest BCUT2D eigenvalue weighted by atomic mass is 9.51. The van der Waals surface area contributed by atoms with Gasteiger partial charge in [0.15, 0.2) is 0 Å². The van der Waals surface area contributed by atoms with Crippen LogP contribution in [0.25, 0.3) is 0 Å². The second-order valence-corrected chi connectivity index (χ2v) is 7.22. The van der Waals surface area contributed by atoms with E-state index in [2.05, 4.69) is 20.8 Å². The molecule has 0 heterocycles. The third-order valence-corrected chi connectivity index (χ3v) is 5.50. The van der Waals surface area contributed by atoms with Crippen LogP contribution in [0.15, 0.2) is 0 Å². The fourth-order valence-corrected chi connectivity index (χ4v) is 4.16. The molecular formula is C15H26O3. The number of carbonyl (C=O) groups excluding carboxylic acids is 1. The molecule has 3 heteroatoms. The summed E-state index contributed by atoms with van der Waals surface area (Å²) in [6, 6.07) is 0. The summed E-state index contributed by atoms with van der Waals surface area (Å²) in [5.74, 6) is 0.728. The van der Waals surface area contributed by atoms with Crippen molar-refractivity contribution in [3.63, 3.8) is 0 Å². The average Bonchev–Trinajstić information content (AvgIpc) is 2.23. The number of aliphatic hydroxyl groups is 2.